The number of pyridine rings is 1. The van der Waals surface area contributed by atoms with E-state index in [9.17, 15) is 4.39 Å². The lowest BCUT2D eigenvalue weighted by atomic mass is 10.2. The zero-order valence-electron chi connectivity index (χ0n) is 15.1. The molecule has 0 spiro atoms. The van der Waals surface area contributed by atoms with Crippen molar-refractivity contribution in [3.8, 4) is 11.4 Å². The fraction of sp³-hybridized carbons (Fsp3) is 0.211. The average Bonchev–Trinajstić information content (AvgIpc) is 2.64. The van der Waals surface area contributed by atoms with Crippen LogP contribution in [0.4, 0.5) is 21.8 Å². The molecule has 0 aliphatic carbocycles. The molecule has 2 heterocycles. The van der Waals surface area contributed by atoms with E-state index in [1.165, 1.54) is 12.1 Å². The zero-order valence-corrected chi connectivity index (χ0v) is 15.8. The van der Waals surface area contributed by atoms with Gasteiger partial charge in [-0.05, 0) is 44.4 Å². The third-order valence-corrected chi connectivity index (χ3v) is 4.00. The van der Waals surface area contributed by atoms with Gasteiger partial charge in [0, 0.05) is 25.4 Å². The number of hydrogen-bond donors (Lipinski definition) is 2. The van der Waals surface area contributed by atoms with Crippen molar-refractivity contribution < 1.29 is 4.39 Å². The minimum Gasteiger partial charge on any atom is -0.353 e. The van der Waals surface area contributed by atoms with Crippen LogP contribution in [0.25, 0.3) is 11.4 Å². The number of likely N-dealkylation sites (N-methyl/N-ethyl adjacent to an activating group) is 1. The van der Waals surface area contributed by atoms with Crippen LogP contribution in [-0.2, 0) is 0 Å². The first-order chi connectivity index (χ1) is 13.0. The van der Waals surface area contributed by atoms with Crippen LogP contribution < -0.4 is 10.6 Å². The largest absolute Gasteiger partial charge is 0.353 e. The molecule has 8 heteroatoms. The molecule has 0 unspecified atom stereocenters. The zero-order chi connectivity index (χ0) is 19.2. The molecule has 1 aromatic carbocycles. The minimum atomic E-state index is -0.395. The van der Waals surface area contributed by atoms with Crippen LogP contribution in [0.1, 0.15) is 0 Å². The molecular formula is C19H20ClFN6. The van der Waals surface area contributed by atoms with Gasteiger partial charge >= 0.3 is 0 Å². The Kier molecular flexibility index (Phi) is 6.16. The molecule has 0 radical (unpaired) electrons. The molecule has 6 nitrogen and oxygen atoms in total. The van der Waals surface area contributed by atoms with Crippen LogP contribution in [0.3, 0.4) is 0 Å². The molecule has 3 rings (SSSR count). The molecule has 0 aliphatic rings. The van der Waals surface area contributed by atoms with Crippen molar-refractivity contribution in [2.45, 2.75) is 0 Å². The van der Waals surface area contributed by atoms with Crippen molar-refractivity contribution in [3.63, 3.8) is 0 Å². The van der Waals surface area contributed by atoms with Crippen LogP contribution in [0.15, 0.2) is 48.7 Å². The summed E-state index contributed by atoms with van der Waals surface area (Å²) in [6.45, 7) is 1.53. The highest BCUT2D eigenvalue weighted by Crippen LogP contribution is 2.27. The number of anilines is 3. The van der Waals surface area contributed by atoms with Gasteiger partial charge in [0.2, 0.25) is 5.95 Å². The van der Waals surface area contributed by atoms with E-state index in [4.69, 9.17) is 11.6 Å². The third kappa shape index (κ3) is 5.35. The summed E-state index contributed by atoms with van der Waals surface area (Å²) in [7, 11) is 3.99. The van der Waals surface area contributed by atoms with E-state index in [2.05, 4.69) is 30.5 Å². The number of hydrogen-bond acceptors (Lipinski definition) is 6. The smallest absolute Gasteiger partial charge is 0.225 e. The van der Waals surface area contributed by atoms with Gasteiger partial charge in [0.05, 0.1) is 22.1 Å². The molecule has 2 N–H and O–H groups in total. The van der Waals surface area contributed by atoms with Crippen molar-refractivity contribution in [3.05, 3.63) is 59.5 Å². The molecule has 0 bridgehead atoms. The summed E-state index contributed by atoms with van der Waals surface area (Å²) in [6, 6.07) is 11.6. The van der Waals surface area contributed by atoms with Crippen molar-refractivity contribution >= 4 is 29.1 Å². The number of benzene rings is 1. The van der Waals surface area contributed by atoms with Gasteiger partial charge in [0.1, 0.15) is 11.6 Å². The van der Waals surface area contributed by atoms with E-state index in [0.717, 1.165) is 12.2 Å². The van der Waals surface area contributed by atoms with Crippen LogP contribution in [-0.4, -0.2) is 47.0 Å². The van der Waals surface area contributed by atoms with E-state index < -0.39 is 5.82 Å². The second-order valence-corrected chi connectivity index (χ2v) is 6.56. The first kappa shape index (κ1) is 19.0. The van der Waals surface area contributed by atoms with Gasteiger partial charge in [0.25, 0.3) is 0 Å². The minimum absolute atomic E-state index is 0.273. The van der Waals surface area contributed by atoms with Gasteiger partial charge < -0.3 is 15.5 Å². The van der Waals surface area contributed by atoms with E-state index in [1.54, 1.807) is 18.3 Å². The predicted molar refractivity (Wildman–Crippen MR) is 107 cm³/mol. The maximum Gasteiger partial charge on any atom is 0.225 e. The summed E-state index contributed by atoms with van der Waals surface area (Å²) >= 11 is 6.12. The van der Waals surface area contributed by atoms with Crippen LogP contribution in [0.5, 0.6) is 0 Å². The molecule has 0 aliphatic heterocycles. The first-order valence-electron chi connectivity index (χ1n) is 8.42. The van der Waals surface area contributed by atoms with E-state index in [1.807, 2.05) is 32.3 Å². The molecule has 140 valence electrons. The SMILES string of the molecule is CN(C)CCNc1nc(Nc2ccc(F)cc2Cl)cc(-c2ccccn2)n1. The summed E-state index contributed by atoms with van der Waals surface area (Å²) in [4.78, 5) is 15.4. The topological polar surface area (TPSA) is 66.0 Å². The Bertz CT molecular complexity index is 904. The van der Waals surface area contributed by atoms with Crippen molar-refractivity contribution in [1.29, 1.82) is 0 Å². The molecule has 0 fully saturated rings. The highest BCUT2D eigenvalue weighted by Gasteiger charge is 2.10. The molecule has 0 atom stereocenters. The number of halogens is 2. The van der Waals surface area contributed by atoms with Crippen LogP contribution in [0.2, 0.25) is 5.02 Å². The summed E-state index contributed by atoms with van der Waals surface area (Å²) in [5.74, 6) is 0.612. The van der Waals surface area contributed by atoms with Gasteiger partial charge in [-0.2, -0.15) is 4.98 Å². The maximum absolute atomic E-state index is 13.3. The summed E-state index contributed by atoms with van der Waals surface area (Å²) in [5, 5.41) is 6.61. The summed E-state index contributed by atoms with van der Waals surface area (Å²) in [6.07, 6.45) is 1.71. The lowest BCUT2D eigenvalue weighted by Gasteiger charge is -2.13. The van der Waals surface area contributed by atoms with Gasteiger partial charge in [-0.15, -0.1) is 0 Å². The monoisotopic (exact) mass is 386 g/mol. The molecular weight excluding hydrogens is 367 g/mol. The Morgan fingerprint density at radius 2 is 1.93 bits per heavy atom. The Hall–Kier alpha value is -2.77. The highest BCUT2D eigenvalue weighted by atomic mass is 35.5. The van der Waals surface area contributed by atoms with E-state index >= 15 is 0 Å². The molecule has 27 heavy (non-hydrogen) atoms. The second-order valence-electron chi connectivity index (χ2n) is 6.16. The normalized spacial score (nSPS) is 10.9. The number of nitrogens with one attached hydrogen (secondary N) is 2. The van der Waals surface area contributed by atoms with Crippen LogP contribution in [0, 0.1) is 5.82 Å². The van der Waals surface area contributed by atoms with Crippen molar-refractivity contribution in [1.82, 2.24) is 19.9 Å². The Labute approximate surface area is 162 Å². The first-order valence-corrected chi connectivity index (χ1v) is 8.80. The quantitative estimate of drug-likeness (QED) is 0.638. The maximum atomic E-state index is 13.3. The predicted octanol–water partition coefficient (Wildman–Crippen LogP) is 4.05. The Balaban J connectivity index is 1.91. The lowest BCUT2D eigenvalue weighted by molar-refractivity contribution is 0.425. The Morgan fingerprint density at radius 3 is 2.63 bits per heavy atom. The fourth-order valence-corrected chi connectivity index (χ4v) is 2.57. The van der Waals surface area contributed by atoms with Crippen molar-refractivity contribution in [2.75, 3.05) is 37.8 Å². The second kappa shape index (κ2) is 8.75. The fourth-order valence-electron chi connectivity index (χ4n) is 2.36. The van der Waals surface area contributed by atoms with E-state index in [0.29, 0.717) is 29.7 Å². The van der Waals surface area contributed by atoms with Gasteiger partial charge in [-0.1, -0.05) is 17.7 Å². The van der Waals surface area contributed by atoms with E-state index in [-0.39, 0.29) is 5.02 Å². The average molecular weight is 387 g/mol. The highest BCUT2D eigenvalue weighted by molar-refractivity contribution is 6.33. The standard InChI is InChI=1S/C19H20ClFN6/c1-27(2)10-9-23-19-25-17(16-5-3-4-8-22-16)12-18(26-19)24-15-7-6-13(21)11-14(15)20/h3-8,11-12H,9-10H2,1-2H3,(H2,23,24,25,26). The van der Waals surface area contributed by atoms with Gasteiger partial charge in [0.15, 0.2) is 0 Å². The lowest BCUT2D eigenvalue weighted by Crippen LogP contribution is -2.21. The summed E-state index contributed by atoms with van der Waals surface area (Å²) in [5.41, 5.74) is 1.95. The number of aromatic nitrogens is 3. The molecule has 0 amide bonds. The molecule has 0 saturated carbocycles. The van der Waals surface area contributed by atoms with Gasteiger partial charge in [-0.3, -0.25) is 4.98 Å². The Morgan fingerprint density at radius 1 is 1.07 bits per heavy atom. The summed E-state index contributed by atoms with van der Waals surface area (Å²) < 4.78 is 13.3. The third-order valence-electron chi connectivity index (χ3n) is 3.69. The van der Waals surface area contributed by atoms with Crippen LogP contribution >= 0.6 is 11.6 Å². The van der Waals surface area contributed by atoms with Crippen molar-refractivity contribution in [2.24, 2.45) is 0 Å². The molecule has 0 saturated heterocycles. The number of rotatable bonds is 7. The molecule has 2 aromatic heterocycles. The van der Waals surface area contributed by atoms with Gasteiger partial charge in [-0.25, -0.2) is 9.37 Å². The molecule has 3 aromatic rings. The number of nitrogens with zero attached hydrogens (tertiary/aromatic N) is 4.